The van der Waals surface area contributed by atoms with Crippen molar-refractivity contribution in [2.24, 2.45) is 5.73 Å². The molecule has 0 unspecified atom stereocenters. The van der Waals surface area contributed by atoms with Crippen LogP contribution in [0.3, 0.4) is 0 Å². The van der Waals surface area contributed by atoms with Crippen molar-refractivity contribution in [2.45, 2.75) is 38.9 Å². The Morgan fingerprint density at radius 1 is 1.41 bits per heavy atom. The summed E-state index contributed by atoms with van der Waals surface area (Å²) in [6, 6.07) is 0.586. The summed E-state index contributed by atoms with van der Waals surface area (Å²) < 4.78 is 5.30. The summed E-state index contributed by atoms with van der Waals surface area (Å²) in [6.07, 6.45) is 4.07. The molecule has 1 fully saturated rings. The zero-order valence-electron chi connectivity index (χ0n) is 16.0. The molecule has 0 amide bonds. The Hall–Kier alpha value is -2.46. The van der Waals surface area contributed by atoms with Crippen LogP contribution in [0.25, 0.3) is 0 Å². The fraction of sp³-hybridized carbons (Fsp3) is 0.647. The van der Waals surface area contributed by atoms with Crippen molar-refractivity contribution in [1.29, 1.82) is 0 Å². The van der Waals surface area contributed by atoms with Crippen LogP contribution in [0.4, 0.5) is 11.5 Å². The Morgan fingerprint density at radius 3 is 2.70 bits per heavy atom. The zero-order chi connectivity index (χ0) is 19.6. The van der Waals surface area contributed by atoms with E-state index in [-0.39, 0.29) is 29.4 Å². The van der Waals surface area contributed by atoms with Gasteiger partial charge in [0.2, 0.25) is 5.82 Å². The van der Waals surface area contributed by atoms with Gasteiger partial charge >= 0.3 is 11.7 Å². The van der Waals surface area contributed by atoms with Crippen molar-refractivity contribution in [1.82, 2.24) is 19.8 Å². The monoisotopic (exact) mass is 377 g/mol. The number of nitro groups is 1. The third-order valence-electron chi connectivity index (χ3n) is 5.08. The van der Waals surface area contributed by atoms with E-state index in [1.165, 1.54) is 0 Å². The van der Waals surface area contributed by atoms with Crippen LogP contribution < -0.4 is 15.8 Å². The van der Waals surface area contributed by atoms with Gasteiger partial charge in [0.05, 0.1) is 11.5 Å². The number of anilines is 1. The Morgan fingerprint density at radius 2 is 2.11 bits per heavy atom. The van der Waals surface area contributed by atoms with E-state index in [1.807, 2.05) is 6.92 Å². The Kier molecular flexibility index (Phi) is 5.76. The number of aromatic nitrogens is 2. The lowest BCUT2D eigenvalue weighted by molar-refractivity contribution is -0.385. The number of aryl methyl sites for hydroxylation is 1. The third kappa shape index (κ3) is 4.11. The van der Waals surface area contributed by atoms with Crippen LogP contribution in [0, 0.1) is 17.0 Å². The average molecular weight is 377 g/mol. The quantitative estimate of drug-likeness (QED) is 0.531. The van der Waals surface area contributed by atoms with Crippen LogP contribution in [0.15, 0.2) is 11.8 Å². The van der Waals surface area contributed by atoms with Gasteiger partial charge in [0.15, 0.2) is 0 Å². The number of hydrogen-bond donors (Lipinski definition) is 2. The molecule has 10 heteroatoms. The van der Waals surface area contributed by atoms with Crippen molar-refractivity contribution >= 4 is 11.5 Å². The number of ether oxygens (including phenoxy) is 1. The van der Waals surface area contributed by atoms with E-state index < -0.39 is 4.92 Å². The number of hydrogen-bond acceptors (Lipinski definition) is 9. The molecule has 0 bridgehead atoms. The first-order valence-electron chi connectivity index (χ1n) is 9.22. The Bertz CT molecular complexity index is 731. The molecule has 3 N–H and O–H groups in total. The molecule has 0 aliphatic carbocycles. The fourth-order valence-electron chi connectivity index (χ4n) is 3.50. The molecule has 1 aromatic heterocycles. The molecule has 0 radical (unpaired) electrons. The minimum atomic E-state index is -0.479. The number of nitrogens with one attached hydrogen (secondary N) is 1. The van der Waals surface area contributed by atoms with Gasteiger partial charge in [-0.25, -0.2) is 0 Å². The fourth-order valence-corrected chi connectivity index (χ4v) is 3.50. The van der Waals surface area contributed by atoms with Crippen LogP contribution in [0.1, 0.15) is 25.5 Å². The molecule has 2 aliphatic heterocycles. The maximum Gasteiger partial charge on any atom is 0.332 e. The Balaban J connectivity index is 1.68. The standard InChI is InChI=1S/C17H27N7O3/c1-4-27-17-20-11(2)14(24(25)26)16(21-17)19-9-12-10-23(15(12)18)13-5-7-22(3)8-6-13/h10,13,15H,4-9,18H2,1-3H3,(H,19,20,21)/t15-/m1/s1. The van der Waals surface area contributed by atoms with E-state index in [0.29, 0.717) is 19.2 Å². The normalized spacial score (nSPS) is 20.8. The van der Waals surface area contributed by atoms with Crippen LogP contribution in [-0.2, 0) is 0 Å². The first kappa shape index (κ1) is 19.3. The van der Waals surface area contributed by atoms with Crippen LogP contribution in [0.5, 0.6) is 6.01 Å². The average Bonchev–Trinajstić information content (AvgIpc) is 2.61. The molecule has 148 valence electrons. The van der Waals surface area contributed by atoms with Crippen molar-refractivity contribution in [2.75, 3.05) is 38.6 Å². The van der Waals surface area contributed by atoms with Crippen LogP contribution in [0.2, 0.25) is 0 Å². The van der Waals surface area contributed by atoms with E-state index in [4.69, 9.17) is 10.5 Å². The Labute approximate surface area is 158 Å². The van der Waals surface area contributed by atoms with Gasteiger partial charge < -0.3 is 25.6 Å². The molecule has 3 rings (SSSR count). The van der Waals surface area contributed by atoms with Gasteiger partial charge in [-0.15, -0.1) is 0 Å². The molecule has 1 atom stereocenters. The summed E-state index contributed by atoms with van der Waals surface area (Å²) in [5, 5.41) is 14.4. The number of likely N-dealkylation sites (tertiary alicyclic amines) is 1. The highest BCUT2D eigenvalue weighted by Crippen LogP contribution is 2.30. The van der Waals surface area contributed by atoms with Crippen molar-refractivity contribution in [3.63, 3.8) is 0 Å². The van der Waals surface area contributed by atoms with E-state index in [1.54, 1.807) is 6.92 Å². The molecular weight excluding hydrogens is 350 g/mol. The van der Waals surface area contributed by atoms with Crippen molar-refractivity contribution in [3.05, 3.63) is 27.6 Å². The van der Waals surface area contributed by atoms with Gasteiger partial charge in [-0.3, -0.25) is 10.1 Å². The topological polar surface area (TPSA) is 123 Å². The summed E-state index contributed by atoms with van der Waals surface area (Å²) in [5.41, 5.74) is 7.44. The molecular formula is C17H27N7O3. The zero-order valence-corrected chi connectivity index (χ0v) is 16.0. The molecule has 0 saturated carbocycles. The molecule has 10 nitrogen and oxygen atoms in total. The van der Waals surface area contributed by atoms with E-state index in [9.17, 15) is 10.1 Å². The van der Waals surface area contributed by atoms with E-state index >= 15 is 0 Å². The lowest BCUT2D eigenvalue weighted by atomic mass is 9.97. The molecule has 2 aliphatic rings. The number of piperidine rings is 1. The number of nitrogens with zero attached hydrogens (tertiary/aromatic N) is 5. The van der Waals surface area contributed by atoms with Crippen molar-refractivity contribution < 1.29 is 9.66 Å². The summed E-state index contributed by atoms with van der Waals surface area (Å²) in [6.45, 7) is 6.31. The highest BCUT2D eigenvalue weighted by atomic mass is 16.6. The summed E-state index contributed by atoms with van der Waals surface area (Å²) in [7, 11) is 2.13. The highest BCUT2D eigenvalue weighted by molar-refractivity contribution is 5.59. The minimum absolute atomic E-state index is 0.128. The van der Waals surface area contributed by atoms with Gasteiger partial charge in [0, 0.05) is 24.4 Å². The van der Waals surface area contributed by atoms with Crippen molar-refractivity contribution in [3.8, 4) is 6.01 Å². The molecule has 0 spiro atoms. The second-order valence-electron chi connectivity index (χ2n) is 6.96. The first-order valence-corrected chi connectivity index (χ1v) is 9.22. The molecule has 3 heterocycles. The number of nitrogens with two attached hydrogens (primary N) is 1. The third-order valence-corrected chi connectivity index (χ3v) is 5.08. The summed E-state index contributed by atoms with van der Waals surface area (Å²) in [4.78, 5) is 23.6. The predicted molar refractivity (Wildman–Crippen MR) is 101 cm³/mol. The second kappa shape index (κ2) is 8.05. The van der Waals surface area contributed by atoms with Crippen LogP contribution in [-0.4, -0.2) is 70.2 Å². The largest absolute Gasteiger partial charge is 0.464 e. The number of rotatable bonds is 7. The molecule has 0 aromatic carbocycles. The highest BCUT2D eigenvalue weighted by Gasteiger charge is 2.33. The molecule has 1 saturated heterocycles. The van der Waals surface area contributed by atoms with Gasteiger partial charge in [0.1, 0.15) is 11.9 Å². The minimum Gasteiger partial charge on any atom is -0.464 e. The maximum absolute atomic E-state index is 11.4. The maximum atomic E-state index is 11.4. The van der Waals surface area contributed by atoms with E-state index in [0.717, 1.165) is 31.5 Å². The van der Waals surface area contributed by atoms with Gasteiger partial charge in [-0.1, -0.05) is 0 Å². The first-order chi connectivity index (χ1) is 12.9. The second-order valence-corrected chi connectivity index (χ2v) is 6.96. The molecule has 27 heavy (non-hydrogen) atoms. The van der Waals surface area contributed by atoms with Gasteiger partial charge in [-0.2, -0.15) is 9.97 Å². The smallest absolute Gasteiger partial charge is 0.332 e. The lowest BCUT2D eigenvalue weighted by Crippen LogP contribution is -2.56. The summed E-state index contributed by atoms with van der Waals surface area (Å²) in [5.74, 6) is 0.154. The van der Waals surface area contributed by atoms with Crippen LogP contribution >= 0.6 is 0 Å². The van der Waals surface area contributed by atoms with Gasteiger partial charge in [0.25, 0.3) is 0 Å². The summed E-state index contributed by atoms with van der Waals surface area (Å²) >= 11 is 0. The predicted octanol–water partition coefficient (Wildman–Crippen LogP) is 1.08. The SMILES string of the molecule is CCOc1nc(C)c([N+](=O)[O-])c(NCC2=CN(C3CCN(C)CC3)[C@H]2N)n1. The van der Waals surface area contributed by atoms with E-state index in [2.05, 4.69) is 38.3 Å². The van der Waals surface area contributed by atoms with Gasteiger partial charge in [-0.05, 0) is 46.8 Å². The lowest BCUT2D eigenvalue weighted by Gasteiger charge is -2.46. The molecule has 1 aromatic rings.